The molecule has 142 valence electrons. The number of hydrogen-bond donors (Lipinski definition) is 1. The van der Waals surface area contributed by atoms with Crippen molar-refractivity contribution >= 4 is 17.8 Å². The zero-order valence-electron chi connectivity index (χ0n) is 15.6. The van der Waals surface area contributed by atoms with E-state index in [4.69, 9.17) is 9.47 Å². The van der Waals surface area contributed by atoms with Gasteiger partial charge in [0.05, 0.1) is 19.4 Å². The SMILES string of the molecule is CCc1ccc(OCC(=O)N/N=C/c2ccc(N3CCOCC3)cc2)cc1. The van der Waals surface area contributed by atoms with E-state index in [1.165, 1.54) is 11.3 Å². The number of nitrogens with one attached hydrogen (secondary N) is 1. The van der Waals surface area contributed by atoms with Gasteiger partial charge in [0.2, 0.25) is 0 Å². The van der Waals surface area contributed by atoms with Crippen LogP contribution >= 0.6 is 0 Å². The van der Waals surface area contributed by atoms with Gasteiger partial charge in [0.25, 0.3) is 5.91 Å². The first-order chi connectivity index (χ1) is 13.2. The lowest BCUT2D eigenvalue weighted by molar-refractivity contribution is -0.123. The molecule has 27 heavy (non-hydrogen) atoms. The van der Waals surface area contributed by atoms with Crippen molar-refractivity contribution in [3.8, 4) is 5.75 Å². The molecule has 2 aromatic carbocycles. The summed E-state index contributed by atoms with van der Waals surface area (Å²) in [4.78, 5) is 14.1. The fourth-order valence-electron chi connectivity index (χ4n) is 2.77. The lowest BCUT2D eigenvalue weighted by Crippen LogP contribution is -2.36. The molecule has 3 rings (SSSR count). The van der Waals surface area contributed by atoms with Gasteiger partial charge in [0.1, 0.15) is 5.75 Å². The van der Waals surface area contributed by atoms with E-state index in [1.807, 2.05) is 36.4 Å². The van der Waals surface area contributed by atoms with Crippen molar-refractivity contribution in [1.82, 2.24) is 5.43 Å². The number of hydrogen-bond acceptors (Lipinski definition) is 5. The van der Waals surface area contributed by atoms with Gasteiger partial charge in [-0.25, -0.2) is 5.43 Å². The minimum Gasteiger partial charge on any atom is -0.484 e. The number of hydrazone groups is 1. The molecule has 0 atom stereocenters. The maximum absolute atomic E-state index is 11.8. The molecule has 1 heterocycles. The van der Waals surface area contributed by atoms with Crippen LogP contribution in [0.5, 0.6) is 5.75 Å². The molecule has 6 heteroatoms. The van der Waals surface area contributed by atoms with Gasteiger partial charge in [-0.15, -0.1) is 0 Å². The second-order valence-electron chi connectivity index (χ2n) is 6.27. The number of carbonyl (C=O) groups excluding carboxylic acids is 1. The van der Waals surface area contributed by atoms with E-state index in [0.29, 0.717) is 5.75 Å². The highest BCUT2D eigenvalue weighted by Gasteiger charge is 2.10. The normalized spacial score (nSPS) is 14.3. The zero-order chi connectivity index (χ0) is 18.9. The number of ether oxygens (including phenoxy) is 2. The minimum atomic E-state index is -0.296. The molecule has 1 amide bonds. The monoisotopic (exact) mass is 367 g/mol. The zero-order valence-corrected chi connectivity index (χ0v) is 15.6. The average Bonchev–Trinajstić information content (AvgIpc) is 2.74. The number of nitrogens with zero attached hydrogens (tertiary/aromatic N) is 2. The Morgan fingerprint density at radius 1 is 1.15 bits per heavy atom. The summed E-state index contributed by atoms with van der Waals surface area (Å²) in [7, 11) is 0. The third-order valence-corrected chi connectivity index (χ3v) is 4.37. The van der Waals surface area contributed by atoms with E-state index in [9.17, 15) is 4.79 Å². The standard InChI is InChI=1S/C21H25N3O3/c1-2-17-5-9-20(10-6-17)27-16-21(25)23-22-15-18-3-7-19(8-4-18)24-11-13-26-14-12-24/h3-10,15H,2,11-14,16H2,1H3,(H,23,25)/b22-15+. The van der Waals surface area contributed by atoms with E-state index in [2.05, 4.69) is 34.5 Å². The number of carbonyl (C=O) groups is 1. The molecular weight excluding hydrogens is 342 g/mol. The highest BCUT2D eigenvalue weighted by atomic mass is 16.5. The Morgan fingerprint density at radius 3 is 2.52 bits per heavy atom. The summed E-state index contributed by atoms with van der Waals surface area (Å²) in [5, 5.41) is 3.99. The summed E-state index contributed by atoms with van der Waals surface area (Å²) in [5.41, 5.74) is 5.80. The van der Waals surface area contributed by atoms with Crippen LogP contribution in [0.2, 0.25) is 0 Å². The van der Waals surface area contributed by atoms with E-state index in [0.717, 1.165) is 38.3 Å². The largest absolute Gasteiger partial charge is 0.484 e. The number of benzene rings is 2. The molecule has 0 radical (unpaired) electrons. The van der Waals surface area contributed by atoms with Gasteiger partial charge >= 0.3 is 0 Å². The lowest BCUT2D eigenvalue weighted by Gasteiger charge is -2.28. The molecule has 1 aliphatic rings. The third-order valence-electron chi connectivity index (χ3n) is 4.37. The van der Waals surface area contributed by atoms with Crippen LogP contribution in [0.15, 0.2) is 53.6 Å². The lowest BCUT2D eigenvalue weighted by atomic mass is 10.2. The summed E-state index contributed by atoms with van der Waals surface area (Å²) in [5.74, 6) is 0.376. The molecule has 6 nitrogen and oxygen atoms in total. The van der Waals surface area contributed by atoms with Crippen LogP contribution in [0.3, 0.4) is 0 Å². The van der Waals surface area contributed by atoms with Crippen LogP contribution in [0, 0.1) is 0 Å². The van der Waals surface area contributed by atoms with Gasteiger partial charge in [-0.1, -0.05) is 31.2 Å². The molecule has 0 aliphatic carbocycles. The van der Waals surface area contributed by atoms with E-state index in [-0.39, 0.29) is 12.5 Å². The number of amides is 1. The number of rotatable bonds is 7. The Bertz CT molecular complexity index is 751. The van der Waals surface area contributed by atoms with Crippen molar-refractivity contribution in [3.63, 3.8) is 0 Å². The van der Waals surface area contributed by atoms with Gasteiger partial charge in [-0.2, -0.15) is 5.10 Å². The van der Waals surface area contributed by atoms with Gasteiger partial charge in [-0.3, -0.25) is 4.79 Å². The maximum Gasteiger partial charge on any atom is 0.277 e. The number of morpholine rings is 1. The summed E-state index contributed by atoms with van der Waals surface area (Å²) in [6, 6.07) is 15.8. The average molecular weight is 367 g/mol. The second kappa shape index (κ2) is 9.73. The van der Waals surface area contributed by atoms with E-state index in [1.54, 1.807) is 6.21 Å². The van der Waals surface area contributed by atoms with Crippen LogP contribution in [0.1, 0.15) is 18.1 Å². The number of anilines is 1. The fraction of sp³-hybridized carbons (Fsp3) is 0.333. The quantitative estimate of drug-likeness (QED) is 0.604. The molecule has 0 unspecified atom stereocenters. The molecule has 1 N–H and O–H groups in total. The van der Waals surface area contributed by atoms with Crippen LogP contribution < -0.4 is 15.1 Å². The Kier molecular flexibility index (Phi) is 6.82. The van der Waals surface area contributed by atoms with Crippen LogP contribution in [-0.2, 0) is 16.0 Å². The van der Waals surface area contributed by atoms with E-state index >= 15 is 0 Å². The van der Waals surface area contributed by atoms with Crippen LogP contribution in [0.4, 0.5) is 5.69 Å². The Morgan fingerprint density at radius 2 is 1.85 bits per heavy atom. The molecule has 1 aliphatic heterocycles. The smallest absolute Gasteiger partial charge is 0.277 e. The molecule has 1 saturated heterocycles. The van der Waals surface area contributed by atoms with Crippen LogP contribution in [0.25, 0.3) is 0 Å². The molecule has 0 saturated carbocycles. The summed E-state index contributed by atoms with van der Waals surface area (Å²) in [6.45, 7) is 5.37. The van der Waals surface area contributed by atoms with Crippen molar-refractivity contribution < 1.29 is 14.3 Å². The summed E-state index contributed by atoms with van der Waals surface area (Å²) in [6.07, 6.45) is 2.60. The summed E-state index contributed by atoms with van der Waals surface area (Å²) >= 11 is 0. The second-order valence-corrected chi connectivity index (χ2v) is 6.27. The predicted octanol–water partition coefficient (Wildman–Crippen LogP) is 2.61. The Labute approximate surface area is 159 Å². The van der Waals surface area contributed by atoms with Crippen molar-refractivity contribution in [2.24, 2.45) is 5.10 Å². The first-order valence-corrected chi connectivity index (χ1v) is 9.21. The first-order valence-electron chi connectivity index (χ1n) is 9.21. The molecule has 1 fully saturated rings. The van der Waals surface area contributed by atoms with Crippen molar-refractivity contribution in [3.05, 3.63) is 59.7 Å². The molecule has 0 bridgehead atoms. The van der Waals surface area contributed by atoms with Crippen molar-refractivity contribution in [1.29, 1.82) is 0 Å². The predicted molar refractivity (Wildman–Crippen MR) is 107 cm³/mol. The van der Waals surface area contributed by atoms with Gasteiger partial charge < -0.3 is 14.4 Å². The maximum atomic E-state index is 11.8. The van der Waals surface area contributed by atoms with E-state index < -0.39 is 0 Å². The third kappa shape index (κ3) is 5.82. The topological polar surface area (TPSA) is 63.2 Å². The molecule has 2 aromatic rings. The van der Waals surface area contributed by atoms with Gasteiger partial charge in [-0.05, 0) is 41.8 Å². The Hall–Kier alpha value is -2.86. The van der Waals surface area contributed by atoms with Gasteiger partial charge in [0, 0.05) is 18.8 Å². The first kappa shape index (κ1) is 18.9. The fourth-order valence-corrected chi connectivity index (χ4v) is 2.77. The van der Waals surface area contributed by atoms with Crippen LogP contribution in [-0.4, -0.2) is 45.0 Å². The van der Waals surface area contributed by atoms with Gasteiger partial charge in [0.15, 0.2) is 6.61 Å². The minimum absolute atomic E-state index is 0.0707. The Balaban J connectivity index is 1.43. The number of aryl methyl sites for hydroxylation is 1. The highest BCUT2D eigenvalue weighted by Crippen LogP contribution is 2.16. The molecular formula is C21H25N3O3. The summed E-state index contributed by atoms with van der Waals surface area (Å²) < 4.78 is 10.8. The highest BCUT2D eigenvalue weighted by molar-refractivity contribution is 5.83. The molecule has 0 spiro atoms. The molecule has 0 aromatic heterocycles. The van der Waals surface area contributed by atoms with Crippen molar-refractivity contribution in [2.75, 3.05) is 37.8 Å². The van der Waals surface area contributed by atoms with Crippen molar-refractivity contribution in [2.45, 2.75) is 13.3 Å².